The van der Waals surface area contributed by atoms with Crippen molar-refractivity contribution in [3.8, 4) is 0 Å². The molecule has 0 aliphatic carbocycles. The van der Waals surface area contributed by atoms with Gasteiger partial charge in [-0.25, -0.2) is 4.39 Å². The number of nitrogens with zero attached hydrogens (tertiary/aromatic N) is 2. The Hall–Kier alpha value is -3.78. The maximum Gasteiger partial charge on any atom is 0.255 e. The minimum absolute atomic E-state index is 0.148. The molecule has 1 saturated heterocycles. The zero-order valence-electron chi connectivity index (χ0n) is 19.1. The molecule has 2 N–H and O–H groups in total. The minimum Gasteiger partial charge on any atom is -0.360 e. The number of nitrogens with one attached hydrogen (secondary N) is 2. The van der Waals surface area contributed by atoms with E-state index in [1.807, 2.05) is 24.4 Å². The minimum atomic E-state index is -0.595. The largest absolute Gasteiger partial charge is 0.360 e. The standard InChI is InChI=1S/C27H25FN4O3/c28-19-2-4-21-22(13-29-23(21)12-19)17-7-9-31(10-8-17)14-16-1-3-20-18(11-16)15-32(27(20)35)24-5-6-25(33)30-26(24)34/h1-4,7,11-13,24,29H,5-6,8-10,14-15H2,(H,30,33,34). The zero-order valence-corrected chi connectivity index (χ0v) is 19.1. The van der Waals surface area contributed by atoms with Gasteiger partial charge < -0.3 is 9.88 Å². The van der Waals surface area contributed by atoms with Crippen LogP contribution in [0.25, 0.3) is 16.5 Å². The molecule has 1 unspecified atom stereocenters. The van der Waals surface area contributed by atoms with Gasteiger partial charge in [-0.15, -0.1) is 0 Å². The van der Waals surface area contributed by atoms with Gasteiger partial charge in [0, 0.05) is 60.8 Å². The highest BCUT2D eigenvalue weighted by molar-refractivity contribution is 6.05. The quantitative estimate of drug-likeness (QED) is 0.571. The van der Waals surface area contributed by atoms with E-state index in [-0.39, 0.29) is 30.0 Å². The van der Waals surface area contributed by atoms with Crippen LogP contribution in [0.1, 0.15) is 46.3 Å². The number of hydrogen-bond donors (Lipinski definition) is 2. The van der Waals surface area contributed by atoms with Crippen LogP contribution in [-0.4, -0.2) is 51.6 Å². The highest BCUT2D eigenvalue weighted by Crippen LogP contribution is 2.31. The topological polar surface area (TPSA) is 85.5 Å². The third kappa shape index (κ3) is 3.93. The Kier molecular flexibility index (Phi) is 5.25. The second-order valence-corrected chi connectivity index (χ2v) is 9.50. The highest BCUT2D eigenvalue weighted by atomic mass is 19.1. The van der Waals surface area contributed by atoms with E-state index in [4.69, 9.17) is 0 Å². The number of rotatable bonds is 4. The van der Waals surface area contributed by atoms with Gasteiger partial charge in [-0.05, 0) is 53.8 Å². The van der Waals surface area contributed by atoms with Crippen LogP contribution in [0.3, 0.4) is 0 Å². The molecule has 6 rings (SSSR count). The summed E-state index contributed by atoms with van der Waals surface area (Å²) in [6, 6.07) is 10.2. The van der Waals surface area contributed by atoms with Crippen molar-refractivity contribution in [2.24, 2.45) is 0 Å². The van der Waals surface area contributed by atoms with E-state index in [9.17, 15) is 18.8 Å². The average molecular weight is 473 g/mol. The summed E-state index contributed by atoms with van der Waals surface area (Å²) in [5.74, 6) is -1.06. The maximum absolute atomic E-state index is 13.5. The van der Waals surface area contributed by atoms with Crippen LogP contribution in [0.15, 0.2) is 48.7 Å². The number of H-pyrrole nitrogens is 1. The first-order valence-corrected chi connectivity index (χ1v) is 11.9. The first kappa shape index (κ1) is 21.7. The number of imide groups is 1. The van der Waals surface area contributed by atoms with Crippen molar-refractivity contribution in [3.63, 3.8) is 0 Å². The number of carbonyl (C=O) groups is 3. The lowest BCUT2D eigenvalue weighted by atomic mass is 9.98. The van der Waals surface area contributed by atoms with Crippen molar-refractivity contribution in [2.45, 2.75) is 38.4 Å². The monoisotopic (exact) mass is 472 g/mol. The molecule has 0 saturated carbocycles. The van der Waals surface area contributed by atoms with Gasteiger partial charge in [-0.1, -0.05) is 18.2 Å². The van der Waals surface area contributed by atoms with Crippen molar-refractivity contribution in [2.75, 3.05) is 13.1 Å². The number of amides is 3. The first-order chi connectivity index (χ1) is 17.0. The van der Waals surface area contributed by atoms with Gasteiger partial charge in [0.25, 0.3) is 5.91 Å². The zero-order chi connectivity index (χ0) is 24.1. The Morgan fingerprint density at radius 2 is 1.91 bits per heavy atom. The lowest BCUT2D eigenvalue weighted by Crippen LogP contribution is -2.52. The molecule has 1 aromatic heterocycles. The Morgan fingerprint density at radius 3 is 2.71 bits per heavy atom. The molecule has 8 heteroatoms. The van der Waals surface area contributed by atoms with E-state index >= 15 is 0 Å². The third-order valence-corrected chi connectivity index (χ3v) is 7.28. The summed E-state index contributed by atoms with van der Waals surface area (Å²) in [6.07, 6.45) is 5.71. The molecule has 7 nitrogen and oxygen atoms in total. The number of aromatic amines is 1. The van der Waals surface area contributed by atoms with Gasteiger partial charge in [-0.2, -0.15) is 0 Å². The SMILES string of the molecule is O=C1CCC(N2Cc3cc(CN4CC=C(c5c[nH]c6cc(F)ccc56)CC4)ccc3C2=O)C(=O)N1. The number of carbonyl (C=O) groups excluding carboxylic acids is 3. The molecule has 3 amide bonds. The van der Waals surface area contributed by atoms with Crippen molar-refractivity contribution >= 4 is 34.2 Å². The van der Waals surface area contributed by atoms with Gasteiger partial charge >= 0.3 is 0 Å². The molecule has 3 aromatic rings. The van der Waals surface area contributed by atoms with Gasteiger partial charge in [0.1, 0.15) is 11.9 Å². The predicted octanol–water partition coefficient (Wildman–Crippen LogP) is 3.36. The lowest BCUT2D eigenvalue weighted by molar-refractivity contribution is -0.136. The van der Waals surface area contributed by atoms with Crippen LogP contribution in [0, 0.1) is 5.82 Å². The van der Waals surface area contributed by atoms with E-state index in [0.717, 1.165) is 53.6 Å². The molecular weight excluding hydrogens is 447 g/mol. The maximum atomic E-state index is 13.5. The van der Waals surface area contributed by atoms with Crippen LogP contribution in [0.4, 0.5) is 4.39 Å². The Bertz CT molecular complexity index is 1410. The number of fused-ring (bicyclic) bond motifs is 2. The fourth-order valence-electron chi connectivity index (χ4n) is 5.45. The molecule has 3 aliphatic rings. The Labute approximate surface area is 201 Å². The summed E-state index contributed by atoms with van der Waals surface area (Å²) in [4.78, 5) is 43.7. The summed E-state index contributed by atoms with van der Waals surface area (Å²) >= 11 is 0. The van der Waals surface area contributed by atoms with Crippen molar-refractivity contribution in [1.29, 1.82) is 0 Å². The molecule has 2 aromatic carbocycles. The van der Waals surface area contributed by atoms with Crippen molar-refractivity contribution in [3.05, 3.63) is 76.7 Å². The Balaban J connectivity index is 1.13. The van der Waals surface area contributed by atoms with Crippen LogP contribution in [0.5, 0.6) is 0 Å². The molecular formula is C27H25FN4O3. The summed E-state index contributed by atoms with van der Waals surface area (Å²) in [6.45, 7) is 2.86. The van der Waals surface area contributed by atoms with Crippen molar-refractivity contribution < 1.29 is 18.8 Å². The molecule has 0 radical (unpaired) electrons. The summed E-state index contributed by atoms with van der Waals surface area (Å²) < 4.78 is 13.5. The lowest BCUT2D eigenvalue weighted by Gasteiger charge is -2.29. The molecule has 178 valence electrons. The van der Waals surface area contributed by atoms with Crippen LogP contribution < -0.4 is 5.32 Å². The highest BCUT2D eigenvalue weighted by Gasteiger charge is 2.39. The van der Waals surface area contributed by atoms with Crippen LogP contribution >= 0.6 is 0 Å². The molecule has 4 heterocycles. The van der Waals surface area contributed by atoms with E-state index in [1.54, 1.807) is 4.90 Å². The van der Waals surface area contributed by atoms with Crippen LogP contribution in [-0.2, 0) is 22.7 Å². The van der Waals surface area contributed by atoms with E-state index < -0.39 is 6.04 Å². The normalized spacial score (nSPS) is 20.8. The van der Waals surface area contributed by atoms with Gasteiger partial charge in [0.2, 0.25) is 11.8 Å². The average Bonchev–Trinajstić information content (AvgIpc) is 3.40. The number of piperidine rings is 1. The smallest absolute Gasteiger partial charge is 0.255 e. The molecule has 1 fully saturated rings. The number of hydrogen-bond acceptors (Lipinski definition) is 4. The number of benzene rings is 2. The number of halogens is 1. The fraction of sp³-hybridized carbons (Fsp3) is 0.296. The van der Waals surface area contributed by atoms with Crippen LogP contribution in [0.2, 0.25) is 0 Å². The Morgan fingerprint density at radius 1 is 1.03 bits per heavy atom. The molecule has 1 atom stereocenters. The number of aromatic nitrogens is 1. The summed E-state index contributed by atoms with van der Waals surface area (Å²) in [7, 11) is 0. The van der Waals surface area contributed by atoms with Gasteiger partial charge in [0.15, 0.2) is 0 Å². The third-order valence-electron chi connectivity index (χ3n) is 7.28. The second-order valence-electron chi connectivity index (χ2n) is 9.50. The summed E-state index contributed by atoms with van der Waals surface area (Å²) in [5.41, 5.74) is 5.89. The molecule has 0 bridgehead atoms. The van der Waals surface area contributed by atoms with Crippen molar-refractivity contribution in [1.82, 2.24) is 20.1 Å². The fourth-order valence-corrected chi connectivity index (χ4v) is 5.45. The van der Waals surface area contributed by atoms with E-state index in [0.29, 0.717) is 18.5 Å². The second kappa shape index (κ2) is 8.46. The molecule has 35 heavy (non-hydrogen) atoms. The molecule has 3 aliphatic heterocycles. The van der Waals surface area contributed by atoms with E-state index in [2.05, 4.69) is 27.3 Å². The van der Waals surface area contributed by atoms with Gasteiger partial charge in [0.05, 0.1) is 0 Å². The van der Waals surface area contributed by atoms with Gasteiger partial charge in [-0.3, -0.25) is 24.6 Å². The van der Waals surface area contributed by atoms with E-state index in [1.165, 1.54) is 17.7 Å². The first-order valence-electron chi connectivity index (χ1n) is 11.9. The summed E-state index contributed by atoms with van der Waals surface area (Å²) in [5, 5.41) is 3.38. The molecule has 0 spiro atoms. The predicted molar refractivity (Wildman–Crippen MR) is 129 cm³/mol.